The van der Waals surface area contributed by atoms with E-state index in [2.05, 4.69) is 36.9 Å². The Balaban J connectivity index is 2.02. The lowest BCUT2D eigenvalue weighted by Gasteiger charge is -2.31. The predicted molar refractivity (Wildman–Crippen MR) is 69.0 cm³/mol. The van der Waals surface area contributed by atoms with Gasteiger partial charge < -0.3 is 5.11 Å². The number of aliphatic hydroxyl groups is 1. The van der Waals surface area contributed by atoms with Gasteiger partial charge in [0.15, 0.2) is 0 Å². The Morgan fingerprint density at radius 2 is 1.88 bits per heavy atom. The van der Waals surface area contributed by atoms with E-state index in [0.29, 0.717) is 6.04 Å². The van der Waals surface area contributed by atoms with Gasteiger partial charge in [-0.2, -0.15) is 0 Å². The quantitative estimate of drug-likeness (QED) is 0.802. The van der Waals surface area contributed by atoms with Crippen molar-refractivity contribution in [1.82, 2.24) is 4.90 Å². The van der Waals surface area contributed by atoms with Crippen LogP contribution in [0.1, 0.15) is 36.0 Å². The molecule has 2 heteroatoms. The zero-order valence-electron chi connectivity index (χ0n) is 10.7. The van der Waals surface area contributed by atoms with Gasteiger partial charge in [-0.15, -0.1) is 0 Å². The van der Waals surface area contributed by atoms with Crippen LogP contribution in [-0.2, 0) is 5.60 Å². The highest BCUT2D eigenvalue weighted by Gasteiger charge is 2.48. The van der Waals surface area contributed by atoms with Crippen molar-refractivity contribution in [3.05, 3.63) is 34.9 Å². The smallest absolute Gasteiger partial charge is 0.106 e. The van der Waals surface area contributed by atoms with Crippen molar-refractivity contribution in [2.24, 2.45) is 0 Å². The van der Waals surface area contributed by atoms with E-state index in [4.69, 9.17) is 0 Å². The molecular weight excluding hydrogens is 210 g/mol. The van der Waals surface area contributed by atoms with Crippen LogP contribution >= 0.6 is 0 Å². The maximum atomic E-state index is 11.0. The molecule has 3 rings (SSSR count). The average Bonchev–Trinajstić information content (AvgIpc) is 2.82. The number of hydrogen-bond acceptors (Lipinski definition) is 2. The van der Waals surface area contributed by atoms with Gasteiger partial charge >= 0.3 is 0 Å². The first kappa shape index (κ1) is 11.2. The van der Waals surface area contributed by atoms with Gasteiger partial charge in [-0.3, -0.25) is 4.90 Å². The Kier molecular flexibility index (Phi) is 2.53. The predicted octanol–water partition coefficient (Wildman–Crippen LogP) is 2.36. The van der Waals surface area contributed by atoms with E-state index in [1.165, 1.54) is 17.5 Å². The third kappa shape index (κ3) is 1.71. The van der Waals surface area contributed by atoms with Gasteiger partial charge in [-0.05, 0) is 45.2 Å². The minimum atomic E-state index is -0.604. The fourth-order valence-corrected chi connectivity index (χ4v) is 3.68. The van der Waals surface area contributed by atoms with Crippen LogP contribution < -0.4 is 0 Å². The summed E-state index contributed by atoms with van der Waals surface area (Å²) in [5, 5.41) is 11.0. The highest BCUT2D eigenvalue weighted by Crippen LogP contribution is 2.43. The minimum absolute atomic E-state index is 0.351. The molecule has 1 aromatic rings. The summed E-state index contributed by atoms with van der Waals surface area (Å²) in [6.45, 7) is 6.44. The molecule has 92 valence electrons. The first-order valence-corrected chi connectivity index (χ1v) is 6.65. The van der Waals surface area contributed by atoms with Gasteiger partial charge in [-0.1, -0.05) is 29.3 Å². The van der Waals surface area contributed by atoms with Crippen molar-refractivity contribution in [1.29, 1.82) is 0 Å². The molecule has 2 heterocycles. The minimum Gasteiger partial charge on any atom is -0.383 e. The highest BCUT2D eigenvalue weighted by molar-refractivity contribution is 5.35. The second-order valence-electron chi connectivity index (χ2n) is 5.74. The van der Waals surface area contributed by atoms with Crippen molar-refractivity contribution < 1.29 is 5.11 Å². The summed E-state index contributed by atoms with van der Waals surface area (Å²) in [6, 6.07) is 6.85. The zero-order chi connectivity index (χ0) is 12.0. The van der Waals surface area contributed by atoms with Gasteiger partial charge in [0, 0.05) is 12.6 Å². The number of rotatable bonds is 1. The van der Waals surface area contributed by atoms with Crippen LogP contribution in [0.25, 0.3) is 0 Å². The Bertz CT molecular complexity index is 422. The van der Waals surface area contributed by atoms with Crippen molar-refractivity contribution >= 4 is 0 Å². The van der Waals surface area contributed by atoms with Gasteiger partial charge in [0.05, 0.1) is 0 Å². The molecule has 2 saturated heterocycles. The van der Waals surface area contributed by atoms with Crippen LogP contribution in [0.15, 0.2) is 18.2 Å². The lowest BCUT2D eigenvalue weighted by atomic mass is 9.84. The first-order chi connectivity index (χ1) is 8.09. The second-order valence-corrected chi connectivity index (χ2v) is 5.74. The molecule has 2 aliphatic rings. The molecule has 1 aromatic carbocycles. The topological polar surface area (TPSA) is 23.5 Å². The van der Waals surface area contributed by atoms with Crippen LogP contribution in [0.5, 0.6) is 0 Å². The average molecular weight is 231 g/mol. The molecule has 0 aliphatic carbocycles. The molecule has 2 aliphatic heterocycles. The molecule has 1 N–H and O–H groups in total. The largest absolute Gasteiger partial charge is 0.383 e. The molecule has 2 atom stereocenters. The lowest BCUT2D eigenvalue weighted by molar-refractivity contribution is 0.00928. The molecular formula is C15H21NO. The molecule has 0 amide bonds. The maximum Gasteiger partial charge on any atom is 0.106 e. The summed E-state index contributed by atoms with van der Waals surface area (Å²) in [5.41, 5.74) is 3.03. The monoisotopic (exact) mass is 231 g/mol. The van der Waals surface area contributed by atoms with Crippen molar-refractivity contribution in [2.45, 2.75) is 44.8 Å². The third-order valence-corrected chi connectivity index (χ3v) is 4.42. The molecule has 0 aromatic heterocycles. The fourth-order valence-electron chi connectivity index (χ4n) is 3.68. The van der Waals surface area contributed by atoms with Gasteiger partial charge in [0.2, 0.25) is 0 Å². The first-order valence-electron chi connectivity index (χ1n) is 6.65. The van der Waals surface area contributed by atoms with E-state index < -0.39 is 5.60 Å². The van der Waals surface area contributed by atoms with Crippen LogP contribution in [0.3, 0.4) is 0 Å². The normalized spacial score (nSPS) is 33.0. The summed E-state index contributed by atoms with van der Waals surface area (Å²) in [6.07, 6.45) is 3.27. The van der Waals surface area contributed by atoms with Crippen LogP contribution in [-0.4, -0.2) is 29.1 Å². The Hall–Kier alpha value is -0.860. The van der Waals surface area contributed by atoms with E-state index in [0.717, 1.165) is 31.5 Å². The molecule has 0 saturated carbocycles. The molecule has 2 unspecified atom stereocenters. The van der Waals surface area contributed by atoms with Crippen LogP contribution in [0.4, 0.5) is 0 Å². The van der Waals surface area contributed by atoms with E-state index >= 15 is 0 Å². The molecule has 2 nitrogen and oxygen atoms in total. The number of hydrogen-bond donors (Lipinski definition) is 1. The molecule has 17 heavy (non-hydrogen) atoms. The zero-order valence-corrected chi connectivity index (χ0v) is 10.7. The SMILES string of the molecule is Cc1cc(C)cc(C2(O)CCN3CCCC32)c1. The lowest BCUT2D eigenvalue weighted by Crippen LogP contribution is -2.38. The summed E-state index contributed by atoms with van der Waals surface area (Å²) >= 11 is 0. The molecule has 0 spiro atoms. The van der Waals surface area contributed by atoms with Crippen LogP contribution in [0.2, 0.25) is 0 Å². The van der Waals surface area contributed by atoms with E-state index in [-0.39, 0.29) is 0 Å². The number of aryl methyl sites for hydroxylation is 2. The van der Waals surface area contributed by atoms with Gasteiger partial charge in [0.25, 0.3) is 0 Å². The molecule has 0 radical (unpaired) electrons. The van der Waals surface area contributed by atoms with E-state index in [1.807, 2.05) is 0 Å². The maximum absolute atomic E-state index is 11.0. The third-order valence-electron chi connectivity index (χ3n) is 4.42. The van der Waals surface area contributed by atoms with Gasteiger partial charge in [-0.25, -0.2) is 0 Å². The fraction of sp³-hybridized carbons (Fsp3) is 0.600. The summed E-state index contributed by atoms with van der Waals surface area (Å²) in [5.74, 6) is 0. The van der Waals surface area contributed by atoms with Crippen molar-refractivity contribution in [3.8, 4) is 0 Å². The van der Waals surface area contributed by atoms with E-state index in [9.17, 15) is 5.11 Å². The molecule has 2 fully saturated rings. The Labute approximate surface area is 103 Å². The van der Waals surface area contributed by atoms with Gasteiger partial charge in [0.1, 0.15) is 5.60 Å². The highest BCUT2D eigenvalue weighted by atomic mass is 16.3. The van der Waals surface area contributed by atoms with Crippen LogP contribution in [0, 0.1) is 13.8 Å². The summed E-state index contributed by atoms with van der Waals surface area (Å²) < 4.78 is 0. The number of fused-ring (bicyclic) bond motifs is 1. The summed E-state index contributed by atoms with van der Waals surface area (Å²) in [4.78, 5) is 2.46. The van der Waals surface area contributed by atoms with Crippen molar-refractivity contribution in [2.75, 3.05) is 13.1 Å². The molecule has 0 bridgehead atoms. The second kappa shape index (κ2) is 3.82. The Morgan fingerprint density at radius 3 is 2.59 bits per heavy atom. The number of nitrogens with zero attached hydrogens (tertiary/aromatic N) is 1. The standard InChI is InChI=1S/C15H21NO/c1-11-8-12(2)10-13(9-11)15(17)5-7-16-6-3-4-14(15)16/h8-10,14,17H,3-7H2,1-2H3. The summed E-state index contributed by atoms with van der Waals surface area (Å²) in [7, 11) is 0. The Morgan fingerprint density at radius 1 is 1.18 bits per heavy atom. The number of benzene rings is 1. The van der Waals surface area contributed by atoms with Crippen molar-refractivity contribution in [3.63, 3.8) is 0 Å². The van der Waals surface area contributed by atoms with E-state index in [1.54, 1.807) is 0 Å².